The fourth-order valence-corrected chi connectivity index (χ4v) is 2.26. The van der Waals surface area contributed by atoms with Crippen LogP contribution in [0.15, 0.2) is 18.2 Å². The van der Waals surface area contributed by atoms with Gasteiger partial charge in [0.05, 0.1) is 34.2 Å². The van der Waals surface area contributed by atoms with Crippen LogP contribution in [0.3, 0.4) is 0 Å². The van der Waals surface area contributed by atoms with Crippen molar-refractivity contribution in [3.8, 4) is 0 Å². The minimum Gasteiger partial charge on any atom is -0.465 e. The molecular formula is C15H18N2O6. The van der Waals surface area contributed by atoms with Crippen molar-refractivity contribution in [2.75, 3.05) is 7.11 Å². The Kier molecular flexibility index (Phi) is 5.94. The van der Waals surface area contributed by atoms with E-state index < -0.39 is 21.5 Å². The van der Waals surface area contributed by atoms with Crippen LogP contribution in [0.4, 0.5) is 11.4 Å². The minimum atomic E-state index is -0.728. The second kappa shape index (κ2) is 7.48. The molecule has 0 saturated heterocycles. The lowest BCUT2D eigenvalue weighted by molar-refractivity contribution is -0.394. The van der Waals surface area contributed by atoms with Gasteiger partial charge in [-0.25, -0.2) is 4.79 Å². The number of hydrogen-bond acceptors (Lipinski definition) is 6. The van der Waals surface area contributed by atoms with E-state index in [4.69, 9.17) is 0 Å². The molecule has 0 amide bonds. The Labute approximate surface area is 133 Å². The molecule has 1 atom stereocenters. The summed E-state index contributed by atoms with van der Waals surface area (Å²) in [7, 11) is 1.17. The number of carbonyl (C=O) groups is 1. The molecule has 0 bridgehead atoms. The Balaban J connectivity index is 3.86. The SMILES string of the molecule is C/C=C(\C(=O)OC)c1c(C(C)CC)cc([N+](=O)[O-])cc1[N+](=O)[O-]. The van der Waals surface area contributed by atoms with E-state index in [1.165, 1.54) is 19.3 Å². The number of rotatable bonds is 6. The number of non-ortho nitro benzene ring substituents is 1. The van der Waals surface area contributed by atoms with Crippen LogP contribution in [0.25, 0.3) is 5.57 Å². The van der Waals surface area contributed by atoms with Gasteiger partial charge in [-0.15, -0.1) is 0 Å². The molecule has 0 saturated carbocycles. The van der Waals surface area contributed by atoms with Crippen molar-refractivity contribution in [2.45, 2.75) is 33.1 Å². The van der Waals surface area contributed by atoms with Gasteiger partial charge in [0.25, 0.3) is 11.4 Å². The highest BCUT2D eigenvalue weighted by Gasteiger charge is 2.30. The molecule has 1 aromatic carbocycles. The zero-order valence-electron chi connectivity index (χ0n) is 13.4. The zero-order valence-corrected chi connectivity index (χ0v) is 13.4. The maximum absolute atomic E-state index is 12.0. The molecule has 0 N–H and O–H groups in total. The number of nitrogens with zero attached hydrogens (tertiary/aromatic N) is 2. The third-order valence-electron chi connectivity index (χ3n) is 3.65. The van der Waals surface area contributed by atoms with Crippen LogP contribution in [-0.2, 0) is 9.53 Å². The van der Waals surface area contributed by atoms with Gasteiger partial charge < -0.3 is 4.74 Å². The number of carbonyl (C=O) groups excluding carboxylic acids is 1. The maximum atomic E-state index is 12.0. The van der Waals surface area contributed by atoms with Crippen molar-refractivity contribution < 1.29 is 19.4 Å². The number of nitro groups is 2. The van der Waals surface area contributed by atoms with Gasteiger partial charge in [0.15, 0.2) is 0 Å². The molecule has 0 spiro atoms. The third kappa shape index (κ3) is 3.71. The normalized spacial score (nSPS) is 12.6. The molecule has 8 heteroatoms. The molecule has 0 heterocycles. The predicted molar refractivity (Wildman–Crippen MR) is 84.1 cm³/mol. The van der Waals surface area contributed by atoms with Gasteiger partial charge in [-0.2, -0.15) is 0 Å². The molecule has 1 rings (SSSR count). The van der Waals surface area contributed by atoms with Gasteiger partial charge in [-0.05, 0) is 24.8 Å². The maximum Gasteiger partial charge on any atom is 0.338 e. The first-order chi connectivity index (χ1) is 10.8. The molecule has 124 valence electrons. The molecule has 0 radical (unpaired) electrons. The van der Waals surface area contributed by atoms with E-state index in [-0.39, 0.29) is 22.7 Å². The number of hydrogen-bond donors (Lipinski definition) is 0. The summed E-state index contributed by atoms with van der Waals surface area (Å²) in [4.78, 5) is 33.0. The second-order valence-corrected chi connectivity index (χ2v) is 4.95. The third-order valence-corrected chi connectivity index (χ3v) is 3.65. The fraction of sp³-hybridized carbons (Fsp3) is 0.400. The minimum absolute atomic E-state index is 0.0180. The van der Waals surface area contributed by atoms with Crippen molar-refractivity contribution in [3.05, 3.63) is 49.6 Å². The summed E-state index contributed by atoms with van der Waals surface area (Å²) in [5.41, 5.74) is -0.385. The molecule has 1 unspecified atom stereocenters. The zero-order chi connectivity index (χ0) is 17.7. The van der Waals surface area contributed by atoms with Crippen molar-refractivity contribution >= 4 is 22.9 Å². The first-order valence-electron chi connectivity index (χ1n) is 7.00. The first-order valence-corrected chi connectivity index (χ1v) is 7.00. The second-order valence-electron chi connectivity index (χ2n) is 4.95. The van der Waals surface area contributed by atoms with Gasteiger partial charge >= 0.3 is 5.97 Å². The van der Waals surface area contributed by atoms with Crippen LogP contribution in [0.1, 0.15) is 44.2 Å². The Morgan fingerprint density at radius 1 is 1.30 bits per heavy atom. The average molecular weight is 322 g/mol. The summed E-state index contributed by atoms with van der Waals surface area (Å²) < 4.78 is 4.67. The molecule has 8 nitrogen and oxygen atoms in total. The van der Waals surface area contributed by atoms with Gasteiger partial charge in [-0.1, -0.05) is 19.9 Å². The molecule has 1 aromatic rings. The van der Waals surface area contributed by atoms with Gasteiger partial charge in [0.1, 0.15) is 0 Å². The monoisotopic (exact) mass is 322 g/mol. The van der Waals surface area contributed by atoms with E-state index in [0.29, 0.717) is 12.0 Å². The highest BCUT2D eigenvalue weighted by Crippen LogP contribution is 2.38. The molecule has 23 heavy (non-hydrogen) atoms. The lowest BCUT2D eigenvalue weighted by Crippen LogP contribution is -2.11. The van der Waals surface area contributed by atoms with E-state index >= 15 is 0 Å². The number of nitro benzene ring substituents is 2. The lowest BCUT2D eigenvalue weighted by Gasteiger charge is -2.16. The highest BCUT2D eigenvalue weighted by molar-refractivity contribution is 6.18. The van der Waals surface area contributed by atoms with E-state index in [0.717, 1.165) is 6.07 Å². The van der Waals surface area contributed by atoms with Crippen molar-refractivity contribution in [1.29, 1.82) is 0 Å². The fourth-order valence-electron chi connectivity index (χ4n) is 2.26. The van der Waals surface area contributed by atoms with Gasteiger partial charge in [0, 0.05) is 6.07 Å². The average Bonchev–Trinajstić information content (AvgIpc) is 2.53. The van der Waals surface area contributed by atoms with E-state index in [9.17, 15) is 25.0 Å². The van der Waals surface area contributed by atoms with Crippen molar-refractivity contribution in [3.63, 3.8) is 0 Å². The largest absolute Gasteiger partial charge is 0.465 e. The topological polar surface area (TPSA) is 113 Å². The summed E-state index contributed by atoms with van der Waals surface area (Å²) in [6, 6.07) is 2.15. The van der Waals surface area contributed by atoms with Crippen LogP contribution < -0.4 is 0 Å². The molecule has 0 aliphatic carbocycles. The van der Waals surface area contributed by atoms with Crippen LogP contribution in [0.2, 0.25) is 0 Å². The number of benzene rings is 1. The molecule has 0 fully saturated rings. The number of allylic oxidation sites excluding steroid dienone is 1. The summed E-state index contributed by atoms with van der Waals surface area (Å²) >= 11 is 0. The molecule has 0 aliphatic rings. The Morgan fingerprint density at radius 2 is 1.91 bits per heavy atom. The molecule has 0 aromatic heterocycles. The smallest absolute Gasteiger partial charge is 0.338 e. The molecular weight excluding hydrogens is 304 g/mol. The summed E-state index contributed by atoms with van der Waals surface area (Å²) in [5, 5.41) is 22.5. The standard InChI is InChI=1S/C15H18N2O6/c1-5-9(3)12-7-10(16(19)20)8-13(17(21)22)14(12)11(6-2)15(18)23-4/h6-9H,5H2,1-4H3/b11-6-. The Morgan fingerprint density at radius 3 is 2.30 bits per heavy atom. The van der Waals surface area contributed by atoms with Crippen LogP contribution in [0, 0.1) is 20.2 Å². The Hall–Kier alpha value is -2.77. The van der Waals surface area contributed by atoms with Crippen molar-refractivity contribution in [2.24, 2.45) is 0 Å². The van der Waals surface area contributed by atoms with Crippen molar-refractivity contribution in [1.82, 2.24) is 0 Å². The highest BCUT2D eigenvalue weighted by atomic mass is 16.6. The van der Waals surface area contributed by atoms with E-state index in [2.05, 4.69) is 4.74 Å². The lowest BCUT2D eigenvalue weighted by atomic mass is 9.88. The van der Waals surface area contributed by atoms with Gasteiger partial charge in [0.2, 0.25) is 0 Å². The summed E-state index contributed by atoms with van der Waals surface area (Å²) in [6.07, 6.45) is 2.01. The predicted octanol–water partition coefficient (Wildman–Crippen LogP) is 3.59. The first kappa shape index (κ1) is 18.3. The van der Waals surface area contributed by atoms with Gasteiger partial charge in [-0.3, -0.25) is 20.2 Å². The van der Waals surface area contributed by atoms with E-state index in [1.54, 1.807) is 13.8 Å². The quantitative estimate of drug-likeness (QED) is 0.342. The van der Waals surface area contributed by atoms with Crippen LogP contribution >= 0.6 is 0 Å². The number of esters is 1. The number of ether oxygens (including phenoxy) is 1. The number of methoxy groups -OCH3 is 1. The van der Waals surface area contributed by atoms with Crippen LogP contribution in [-0.4, -0.2) is 22.9 Å². The summed E-state index contributed by atoms with van der Waals surface area (Å²) in [6.45, 7) is 5.20. The van der Waals surface area contributed by atoms with Crippen LogP contribution in [0.5, 0.6) is 0 Å². The summed E-state index contributed by atoms with van der Waals surface area (Å²) in [5.74, 6) is -0.933. The Bertz CT molecular complexity index is 681. The van der Waals surface area contributed by atoms with E-state index in [1.807, 2.05) is 6.92 Å². The molecule has 0 aliphatic heterocycles.